The Morgan fingerprint density at radius 3 is 2.53 bits per heavy atom. The van der Waals surface area contributed by atoms with E-state index in [-0.39, 0.29) is 24.4 Å². The van der Waals surface area contributed by atoms with Crippen LogP contribution >= 0.6 is 12.4 Å². The van der Waals surface area contributed by atoms with E-state index >= 15 is 0 Å². The maximum Gasteiger partial charge on any atom is 0.220 e. The van der Waals surface area contributed by atoms with E-state index in [1.54, 1.807) is 0 Å². The van der Waals surface area contributed by atoms with E-state index in [0.29, 0.717) is 13.0 Å². The summed E-state index contributed by atoms with van der Waals surface area (Å²) in [6.45, 7) is 4.71. The van der Waals surface area contributed by atoms with Gasteiger partial charge in [-0.25, -0.2) is 0 Å². The van der Waals surface area contributed by atoms with Crippen molar-refractivity contribution in [3.63, 3.8) is 0 Å². The normalized spacial score (nSPS) is 11.5. The monoisotopic (exact) mass is 284 g/mol. The molecule has 108 valence electrons. The van der Waals surface area contributed by atoms with Crippen molar-refractivity contribution >= 4 is 18.3 Å². The van der Waals surface area contributed by atoms with Crippen LogP contribution in [0.25, 0.3) is 0 Å². The minimum atomic E-state index is 0. The largest absolute Gasteiger partial charge is 0.356 e. The molecule has 1 rings (SSSR count). The molecule has 1 amide bonds. The highest BCUT2D eigenvalue weighted by atomic mass is 35.5. The average molecular weight is 285 g/mol. The van der Waals surface area contributed by atoms with Gasteiger partial charge in [0.1, 0.15) is 0 Å². The molecule has 3 nitrogen and oxygen atoms in total. The van der Waals surface area contributed by atoms with E-state index in [9.17, 15) is 4.79 Å². The summed E-state index contributed by atoms with van der Waals surface area (Å²) in [7, 11) is 0. The predicted molar refractivity (Wildman–Crippen MR) is 82.6 cm³/mol. The number of halogens is 1. The predicted octanol–water partition coefficient (Wildman–Crippen LogP) is 2.59. The fourth-order valence-electron chi connectivity index (χ4n) is 1.74. The number of hydrogen-bond acceptors (Lipinski definition) is 2. The summed E-state index contributed by atoms with van der Waals surface area (Å²) in [6, 6.07) is 8.63. The lowest BCUT2D eigenvalue weighted by molar-refractivity contribution is -0.121. The third kappa shape index (κ3) is 8.62. The van der Waals surface area contributed by atoms with E-state index in [4.69, 9.17) is 5.73 Å². The Hall–Kier alpha value is -1.06. The molecule has 1 atom stereocenters. The first-order valence-electron chi connectivity index (χ1n) is 6.66. The summed E-state index contributed by atoms with van der Waals surface area (Å²) in [6.07, 6.45) is 3.28. The number of hydrogen-bond donors (Lipinski definition) is 2. The second kappa shape index (κ2) is 9.82. The molecule has 0 fully saturated rings. The third-order valence-electron chi connectivity index (χ3n) is 2.91. The van der Waals surface area contributed by atoms with Crippen molar-refractivity contribution < 1.29 is 4.79 Å². The van der Waals surface area contributed by atoms with Crippen LogP contribution in [0.5, 0.6) is 0 Å². The van der Waals surface area contributed by atoms with Gasteiger partial charge in [-0.15, -0.1) is 12.4 Å². The molecule has 19 heavy (non-hydrogen) atoms. The molecule has 0 aromatic heterocycles. The first-order chi connectivity index (χ1) is 8.58. The number of carbonyl (C=O) groups is 1. The Kier molecular flexibility index (Phi) is 9.27. The van der Waals surface area contributed by atoms with Gasteiger partial charge in [-0.1, -0.05) is 29.8 Å². The van der Waals surface area contributed by atoms with Gasteiger partial charge in [-0.05, 0) is 38.7 Å². The molecule has 0 spiro atoms. The van der Waals surface area contributed by atoms with Crippen molar-refractivity contribution in [1.82, 2.24) is 5.32 Å². The zero-order valence-corrected chi connectivity index (χ0v) is 12.6. The Morgan fingerprint density at radius 1 is 1.32 bits per heavy atom. The number of carbonyl (C=O) groups excluding carboxylic acids is 1. The molecule has 0 aliphatic heterocycles. The first-order valence-corrected chi connectivity index (χ1v) is 6.66. The van der Waals surface area contributed by atoms with Crippen molar-refractivity contribution in [2.75, 3.05) is 6.54 Å². The molecular weight excluding hydrogens is 260 g/mol. The summed E-state index contributed by atoms with van der Waals surface area (Å²) in [5.74, 6) is 0.128. The van der Waals surface area contributed by atoms with Gasteiger partial charge in [0.05, 0.1) is 0 Å². The molecule has 1 aromatic carbocycles. The van der Waals surface area contributed by atoms with Crippen LogP contribution in [0.15, 0.2) is 24.3 Å². The Labute approximate surface area is 122 Å². The second-order valence-corrected chi connectivity index (χ2v) is 4.96. The average Bonchev–Trinajstić information content (AvgIpc) is 2.31. The second-order valence-electron chi connectivity index (χ2n) is 4.96. The Bertz CT molecular complexity index is 363. The van der Waals surface area contributed by atoms with Crippen LogP contribution in [-0.2, 0) is 11.2 Å². The topological polar surface area (TPSA) is 55.1 Å². The van der Waals surface area contributed by atoms with E-state index in [0.717, 1.165) is 19.3 Å². The summed E-state index contributed by atoms with van der Waals surface area (Å²) in [5.41, 5.74) is 8.18. The zero-order valence-electron chi connectivity index (χ0n) is 11.8. The maximum atomic E-state index is 11.5. The molecule has 0 radical (unpaired) electrons. The van der Waals surface area contributed by atoms with Crippen LogP contribution in [0.3, 0.4) is 0 Å². The highest BCUT2D eigenvalue weighted by Gasteiger charge is 2.02. The van der Waals surface area contributed by atoms with Gasteiger partial charge >= 0.3 is 0 Å². The molecule has 4 heteroatoms. The molecule has 1 unspecified atom stereocenters. The van der Waals surface area contributed by atoms with Gasteiger partial charge < -0.3 is 11.1 Å². The lowest BCUT2D eigenvalue weighted by atomic mass is 10.1. The van der Waals surface area contributed by atoms with Crippen LogP contribution in [0.2, 0.25) is 0 Å². The van der Waals surface area contributed by atoms with Gasteiger partial charge in [0.15, 0.2) is 0 Å². The van der Waals surface area contributed by atoms with E-state index in [2.05, 4.69) is 36.5 Å². The van der Waals surface area contributed by atoms with Crippen molar-refractivity contribution in [3.8, 4) is 0 Å². The summed E-state index contributed by atoms with van der Waals surface area (Å²) in [4.78, 5) is 11.5. The Balaban J connectivity index is 0.00000324. The van der Waals surface area contributed by atoms with Gasteiger partial charge in [0, 0.05) is 19.0 Å². The number of amides is 1. The fraction of sp³-hybridized carbons (Fsp3) is 0.533. The van der Waals surface area contributed by atoms with Gasteiger partial charge in [-0.3, -0.25) is 4.79 Å². The molecule has 1 aromatic rings. The third-order valence-corrected chi connectivity index (χ3v) is 2.91. The highest BCUT2D eigenvalue weighted by molar-refractivity contribution is 5.85. The summed E-state index contributed by atoms with van der Waals surface area (Å²) >= 11 is 0. The molecule has 0 saturated carbocycles. The quantitative estimate of drug-likeness (QED) is 0.809. The minimum absolute atomic E-state index is 0. The smallest absolute Gasteiger partial charge is 0.220 e. The fourth-order valence-corrected chi connectivity index (χ4v) is 1.74. The molecular formula is C15H25ClN2O. The van der Waals surface area contributed by atoms with Crippen LogP contribution in [-0.4, -0.2) is 18.5 Å². The minimum Gasteiger partial charge on any atom is -0.356 e. The number of nitrogens with one attached hydrogen (secondary N) is 1. The van der Waals surface area contributed by atoms with Crippen LogP contribution in [0, 0.1) is 6.92 Å². The molecule has 0 heterocycles. The first kappa shape index (κ1) is 17.9. The summed E-state index contributed by atoms with van der Waals surface area (Å²) in [5, 5.41) is 2.89. The van der Waals surface area contributed by atoms with Gasteiger partial charge in [0.2, 0.25) is 5.91 Å². The number of aryl methyl sites for hydroxylation is 2. The van der Waals surface area contributed by atoms with Crippen molar-refractivity contribution in [2.45, 2.75) is 45.6 Å². The van der Waals surface area contributed by atoms with E-state index in [1.165, 1.54) is 11.1 Å². The van der Waals surface area contributed by atoms with Gasteiger partial charge in [0.25, 0.3) is 0 Å². The molecule has 0 bridgehead atoms. The summed E-state index contributed by atoms with van der Waals surface area (Å²) < 4.78 is 0. The molecule has 0 aliphatic rings. The Morgan fingerprint density at radius 2 is 1.95 bits per heavy atom. The zero-order chi connectivity index (χ0) is 13.4. The SMILES string of the molecule is Cc1ccc(CCCC(=O)NCCC(C)N)cc1.Cl. The number of benzene rings is 1. The van der Waals surface area contributed by atoms with Crippen LogP contribution in [0.1, 0.15) is 37.3 Å². The molecule has 0 aliphatic carbocycles. The van der Waals surface area contributed by atoms with Crippen molar-refractivity contribution in [1.29, 1.82) is 0 Å². The number of nitrogens with two attached hydrogens (primary N) is 1. The van der Waals surface area contributed by atoms with Gasteiger partial charge in [-0.2, -0.15) is 0 Å². The van der Waals surface area contributed by atoms with Crippen LogP contribution in [0.4, 0.5) is 0 Å². The lowest BCUT2D eigenvalue weighted by Gasteiger charge is -2.07. The van der Waals surface area contributed by atoms with E-state index < -0.39 is 0 Å². The van der Waals surface area contributed by atoms with Crippen molar-refractivity contribution in [3.05, 3.63) is 35.4 Å². The maximum absolute atomic E-state index is 11.5. The molecule has 3 N–H and O–H groups in total. The van der Waals surface area contributed by atoms with E-state index in [1.807, 2.05) is 6.92 Å². The lowest BCUT2D eigenvalue weighted by Crippen LogP contribution is -2.28. The standard InChI is InChI=1S/C15H24N2O.ClH/c1-12-6-8-14(9-7-12)4-3-5-15(18)17-11-10-13(2)16;/h6-9,13H,3-5,10-11,16H2,1-2H3,(H,17,18);1H. The number of rotatable bonds is 7. The highest BCUT2D eigenvalue weighted by Crippen LogP contribution is 2.07. The van der Waals surface area contributed by atoms with Crippen molar-refractivity contribution in [2.24, 2.45) is 5.73 Å². The molecule has 0 saturated heterocycles. The van der Waals surface area contributed by atoms with Crippen LogP contribution < -0.4 is 11.1 Å².